The molecule has 0 aromatic heterocycles. The van der Waals surface area contributed by atoms with Gasteiger partial charge < -0.3 is 15.1 Å². The van der Waals surface area contributed by atoms with Crippen molar-refractivity contribution in [2.45, 2.75) is 39.3 Å². The molecule has 3 aromatic rings. The first kappa shape index (κ1) is 24.7. The normalized spacial score (nSPS) is 11.1. The van der Waals surface area contributed by atoms with E-state index in [4.69, 9.17) is 9.96 Å². The second kappa shape index (κ2) is 10.4. The van der Waals surface area contributed by atoms with Crippen molar-refractivity contribution in [2.24, 2.45) is 0 Å². The van der Waals surface area contributed by atoms with Crippen LogP contribution >= 0.6 is 0 Å². The molecule has 0 atom stereocenters. The Labute approximate surface area is 190 Å². The summed E-state index contributed by atoms with van der Waals surface area (Å²) in [6, 6.07) is 21.1. The first-order valence-electron chi connectivity index (χ1n) is 9.25. The zero-order valence-electron chi connectivity index (χ0n) is 17.6. The summed E-state index contributed by atoms with van der Waals surface area (Å²) in [6.07, 6.45) is 0. The molecule has 0 spiro atoms. The summed E-state index contributed by atoms with van der Waals surface area (Å²) in [4.78, 5) is 10.0. The molecule has 0 aliphatic heterocycles. The van der Waals surface area contributed by atoms with Crippen LogP contribution in [-0.4, -0.2) is 42.7 Å². The van der Waals surface area contributed by atoms with Crippen molar-refractivity contribution in [1.29, 1.82) is 0 Å². The molecule has 6 heteroatoms. The number of fused-ring (bicyclic) bond motifs is 1. The molecule has 0 amide bonds. The van der Waals surface area contributed by atoms with E-state index in [1.165, 1.54) is 22.9 Å². The van der Waals surface area contributed by atoms with E-state index in [1.807, 2.05) is 6.07 Å². The second-order valence-electron chi connectivity index (χ2n) is 8.53. The smallest absolute Gasteiger partial charge is 0.872 e. The van der Waals surface area contributed by atoms with Gasteiger partial charge in [-0.2, -0.15) is 0 Å². The van der Waals surface area contributed by atoms with Crippen LogP contribution in [0.4, 0.5) is 11.4 Å². The largest absolute Gasteiger partial charge is 3.00 e. The molecule has 0 aliphatic rings. The molecule has 3 rings (SSSR count). The molecule has 28 heavy (non-hydrogen) atoms. The molecule has 0 saturated heterocycles. The van der Waals surface area contributed by atoms with Gasteiger partial charge in [-0.3, -0.25) is 0 Å². The van der Waals surface area contributed by atoms with E-state index in [1.54, 1.807) is 12.1 Å². The van der Waals surface area contributed by atoms with Crippen molar-refractivity contribution in [1.82, 2.24) is 0 Å². The summed E-state index contributed by atoms with van der Waals surface area (Å²) in [5.74, 6) is 0.0718. The molecule has 0 fully saturated rings. The zero-order chi connectivity index (χ0) is 20.1. The Kier molecular flexibility index (Phi) is 9.19. The van der Waals surface area contributed by atoms with Gasteiger partial charge in [0.25, 0.3) is 0 Å². The summed E-state index contributed by atoms with van der Waals surface area (Å²) in [5.41, 5.74) is 2.22. The maximum absolute atomic E-state index is 10.3. The van der Waals surface area contributed by atoms with E-state index in [0.717, 1.165) is 11.4 Å². The number of benzene rings is 3. The minimum Gasteiger partial charge on any atom is -0.872 e. The fraction of sp³-hybridized carbons (Fsp3) is 0.273. The third-order valence-electron chi connectivity index (χ3n) is 3.52. The molecule has 0 heterocycles. The summed E-state index contributed by atoms with van der Waals surface area (Å²) >= 11 is 0. The SMILES string of the molecule is C[Si](C)(C)[N-]c1cccc2cccc([N-][Si](C)(C)C)c12.[Bi+3].[O-]c1ccccc1. The van der Waals surface area contributed by atoms with Gasteiger partial charge in [-0.1, -0.05) is 106 Å². The number of nitrogens with zero attached hydrogens (tertiary/aromatic N) is 2. The van der Waals surface area contributed by atoms with Crippen LogP contribution in [0.1, 0.15) is 0 Å². The van der Waals surface area contributed by atoms with Gasteiger partial charge in [0, 0.05) is 0 Å². The van der Waals surface area contributed by atoms with Gasteiger partial charge in [-0.25, -0.2) is 0 Å². The predicted molar refractivity (Wildman–Crippen MR) is 128 cm³/mol. The minimum atomic E-state index is -1.50. The van der Waals surface area contributed by atoms with Crippen molar-refractivity contribution < 1.29 is 5.11 Å². The summed E-state index contributed by atoms with van der Waals surface area (Å²) in [6.45, 7) is 13.6. The van der Waals surface area contributed by atoms with Crippen LogP contribution in [0.15, 0.2) is 66.7 Å². The van der Waals surface area contributed by atoms with E-state index in [2.05, 4.69) is 75.7 Å². The van der Waals surface area contributed by atoms with Crippen LogP contribution in [-0.2, 0) is 0 Å². The van der Waals surface area contributed by atoms with Crippen LogP contribution in [0.3, 0.4) is 0 Å². The van der Waals surface area contributed by atoms with Crippen molar-refractivity contribution in [2.75, 3.05) is 0 Å². The number of hydrogen-bond donors (Lipinski definition) is 0. The third-order valence-corrected chi connectivity index (χ3v) is 5.34. The number of para-hydroxylation sites is 1. The molecular weight excluding hydrogens is 573 g/mol. The van der Waals surface area contributed by atoms with Crippen LogP contribution in [0, 0.1) is 0 Å². The van der Waals surface area contributed by atoms with Gasteiger partial charge in [0.2, 0.25) is 0 Å². The first-order valence-corrected chi connectivity index (χ1v) is 16.1. The van der Waals surface area contributed by atoms with E-state index in [-0.39, 0.29) is 32.0 Å². The van der Waals surface area contributed by atoms with E-state index >= 15 is 0 Å². The topological polar surface area (TPSA) is 51.3 Å². The molecule has 3 nitrogen and oxygen atoms in total. The summed E-state index contributed by atoms with van der Waals surface area (Å²) in [5, 5.41) is 12.7. The zero-order valence-corrected chi connectivity index (χ0v) is 23.1. The van der Waals surface area contributed by atoms with Gasteiger partial charge >= 0.3 is 26.2 Å². The van der Waals surface area contributed by atoms with Gasteiger partial charge in [0.15, 0.2) is 0 Å². The molecule has 146 valence electrons. The molecule has 2 radical (unpaired) electrons. The number of hydrogen-bond acceptors (Lipinski definition) is 1. The Morgan fingerprint density at radius 1 is 0.607 bits per heavy atom. The molecule has 0 bridgehead atoms. The Bertz CT molecular complexity index is 824. The maximum Gasteiger partial charge on any atom is 3.00 e. The number of rotatable bonds is 4. The van der Waals surface area contributed by atoms with E-state index in [0.29, 0.717) is 0 Å². The molecule has 3 aromatic carbocycles. The maximum atomic E-state index is 10.3. The molecule has 0 aliphatic carbocycles. The van der Waals surface area contributed by atoms with Crippen LogP contribution in [0.25, 0.3) is 20.7 Å². The monoisotopic (exact) mass is 602 g/mol. The fourth-order valence-corrected chi connectivity index (χ4v) is 4.45. The van der Waals surface area contributed by atoms with Crippen molar-refractivity contribution >= 4 is 64.8 Å². The minimum absolute atomic E-state index is 0. The van der Waals surface area contributed by atoms with Crippen LogP contribution in [0.2, 0.25) is 39.3 Å². The van der Waals surface area contributed by atoms with E-state index < -0.39 is 16.5 Å². The average Bonchev–Trinajstić information content (AvgIpc) is 2.53. The van der Waals surface area contributed by atoms with Crippen molar-refractivity contribution in [3.63, 3.8) is 0 Å². The van der Waals surface area contributed by atoms with Gasteiger partial charge in [0.05, 0.1) is 0 Å². The Hall–Kier alpha value is -1.36. The van der Waals surface area contributed by atoms with Crippen LogP contribution < -0.4 is 5.11 Å². The molecule has 0 N–H and O–H groups in total. The van der Waals surface area contributed by atoms with Crippen LogP contribution in [0.5, 0.6) is 5.75 Å². The van der Waals surface area contributed by atoms with E-state index in [9.17, 15) is 5.11 Å². The van der Waals surface area contributed by atoms with Gasteiger partial charge in [-0.05, 0) is 27.2 Å². The first-order chi connectivity index (χ1) is 12.6. The molecule has 0 saturated carbocycles. The standard InChI is InChI=1S/C16H24N2Si2.C6H6O.Bi/c1-19(2,3)17-14-11-7-9-13-10-8-12-15(16(13)14)18-20(4,5)6;7-6-4-2-1-3-5-6;/h7-12H,1-6H3;1-5,7H;/q-2;;+3/p-1. The van der Waals surface area contributed by atoms with Crippen molar-refractivity contribution in [3.05, 3.63) is 76.7 Å². The second-order valence-corrected chi connectivity index (χ2v) is 17.7. The summed E-state index contributed by atoms with van der Waals surface area (Å²) in [7, 11) is -3.00. The Morgan fingerprint density at radius 2 is 1.04 bits per heavy atom. The Morgan fingerprint density at radius 3 is 1.36 bits per heavy atom. The predicted octanol–water partition coefficient (Wildman–Crippen LogP) is 6.90. The average molecular weight is 603 g/mol. The quantitative estimate of drug-likeness (QED) is 0.300. The van der Waals surface area contributed by atoms with Gasteiger partial charge in [-0.15, -0.1) is 17.1 Å². The summed E-state index contributed by atoms with van der Waals surface area (Å²) < 4.78 is 0. The van der Waals surface area contributed by atoms with Crippen molar-refractivity contribution in [3.8, 4) is 5.75 Å². The molecule has 0 unspecified atom stereocenters. The Balaban J connectivity index is 0.000000414. The fourth-order valence-electron chi connectivity index (χ4n) is 2.63. The van der Waals surface area contributed by atoms with Gasteiger partial charge in [0.1, 0.15) is 0 Å². The molecular formula is C22H29BiN2OSi2. The third kappa shape index (κ3) is 8.34.